The van der Waals surface area contributed by atoms with Gasteiger partial charge < -0.3 is 5.11 Å². The van der Waals surface area contributed by atoms with Crippen molar-refractivity contribution in [2.24, 2.45) is 5.92 Å². The maximum Gasteiger partial charge on any atom is 0.338 e. The second-order valence-electron chi connectivity index (χ2n) is 4.61. The van der Waals surface area contributed by atoms with Crippen molar-refractivity contribution in [2.45, 2.75) is 17.5 Å². The van der Waals surface area contributed by atoms with E-state index in [0.717, 1.165) is 4.31 Å². The summed E-state index contributed by atoms with van der Waals surface area (Å²) in [7, 11) is -3.76. The second kappa shape index (κ2) is 5.67. The number of carboxylic acids is 1. The highest BCUT2D eigenvalue weighted by Gasteiger charge is 2.39. The highest BCUT2D eigenvalue weighted by Crippen LogP contribution is 2.28. The van der Waals surface area contributed by atoms with Crippen molar-refractivity contribution in [1.82, 2.24) is 4.31 Å². The van der Waals surface area contributed by atoms with Gasteiger partial charge in [0, 0.05) is 24.0 Å². The van der Waals surface area contributed by atoms with Crippen LogP contribution in [0.3, 0.4) is 0 Å². The van der Waals surface area contributed by atoms with Crippen LogP contribution < -0.4 is 0 Å². The minimum absolute atomic E-state index is 0.0244. The lowest BCUT2D eigenvalue weighted by molar-refractivity contribution is -0.144. The van der Waals surface area contributed by atoms with E-state index < -0.39 is 28.1 Å². The maximum atomic E-state index is 13.4. The fraction of sp³-hybridized carbons (Fsp3) is 0.417. The predicted molar refractivity (Wildman–Crippen MR) is 70.8 cm³/mol. The van der Waals surface area contributed by atoms with E-state index >= 15 is 0 Å². The van der Waals surface area contributed by atoms with Crippen molar-refractivity contribution in [3.63, 3.8) is 0 Å². The van der Waals surface area contributed by atoms with Gasteiger partial charge in [0.1, 0.15) is 0 Å². The zero-order valence-corrected chi connectivity index (χ0v) is 11.9. The Morgan fingerprint density at radius 1 is 1.50 bits per heavy atom. The summed E-state index contributed by atoms with van der Waals surface area (Å²) >= 11 is 5.76. The number of nitrogens with zero attached hydrogens (tertiary/aromatic N) is 1. The van der Waals surface area contributed by atoms with Crippen molar-refractivity contribution in [3.8, 4) is 0 Å². The Bertz CT molecular complexity index is 622. The first-order valence-corrected chi connectivity index (χ1v) is 7.77. The monoisotopic (exact) mass is 321 g/mol. The first kappa shape index (κ1) is 15.2. The summed E-state index contributed by atoms with van der Waals surface area (Å²) in [5.41, 5.74) is 0. The molecule has 0 spiro atoms. The van der Waals surface area contributed by atoms with Crippen LogP contribution in [0.5, 0.6) is 0 Å². The van der Waals surface area contributed by atoms with Gasteiger partial charge in [0.15, 0.2) is 0 Å². The molecule has 0 saturated carbocycles. The van der Waals surface area contributed by atoms with E-state index in [0.29, 0.717) is 0 Å². The van der Waals surface area contributed by atoms with Gasteiger partial charge >= 0.3 is 5.97 Å². The first-order valence-electron chi connectivity index (χ1n) is 5.95. The van der Waals surface area contributed by atoms with Gasteiger partial charge in [0.25, 0.3) is 0 Å². The van der Waals surface area contributed by atoms with Crippen LogP contribution in [0, 0.1) is 5.92 Å². The Hall–Kier alpha value is -1.18. The zero-order chi connectivity index (χ0) is 14.9. The van der Waals surface area contributed by atoms with Crippen LogP contribution in [-0.4, -0.2) is 43.1 Å². The largest absolute Gasteiger partial charge is 0.479 e. The highest BCUT2D eigenvalue weighted by atomic mass is 35.5. The van der Waals surface area contributed by atoms with Crippen molar-refractivity contribution < 1.29 is 22.7 Å². The average molecular weight is 322 g/mol. The van der Waals surface area contributed by atoms with E-state index in [2.05, 4.69) is 0 Å². The summed E-state index contributed by atoms with van der Waals surface area (Å²) < 4.78 is 39.2. The minimum atomic E-state index is -3.76. The normalized spacial score (nSPS) is 21.8. The summed E-state index contributed by atoms with van der Waals surface area (Å²) in [6.07, 6.45) is -1.86. The smallest absolute Gasteiger partial charge is 0.338 e. The Morgan fingerprint density at radius 2 is 2.20 bits per heavy atom. The molecule has 1 aromatic carbocycles. The fourth-order valence-electron chi connectivity index (χ4n) is 2.19. The molecule has 1 heterocycles. The van der Waals surface area contributed by atoms with Crippen molar-refractivity contribution >= 4 is 27.6 Å². The van der Waals surface area contributed by atoms with Crippen LogP contribution in [0.4, 0.5) is 4.39 Å². The molecule has 2 rings (SSSR count). The molecule has 0 bridgehead atoms. The SMILES string of the molecule is O=C(O)C(F)C1CCN(S(=O)(=O)c2cccc(Cl)c2)C1. The fourth-order valence-corrected chi connectivity index (χ4v) is 4.00. The predicted octanol–water partition coefficient (Wildman–Crippen LogP) is 1.77. The van der Waals surface area contributed by atoms with E-state index in [-0.39, 0.29) is 29.4 Å². The van der Waals surface area contributed by atoms with E-state index in [1.54, 1.807) is 6.07 Å². The van der Waals surface area contributed by atoms with Crippen molar-refractivity contribution in [1.29, 1.82) is 0 Å². The molecule has 1 aromatic rings. The molecule has 20 heavy (non-hydrogen) atoms. The molecule has 5 nitrogen and oxygen atoms in total. The summed E-state index contributed by atoms with van der Waals surface area (Å²) in [4.78, 5) is 10.6. The number of aliphatic carboxylic acids is 1. The maximum absolute atomic E-state index is 13.4. The number of hydrogen-bond donors (Lipinski definition) is 1. The molecule has 1 fully saturated rings. The van der Waals surface area contributed by atoms with Crippen LogP contribution in [0.25, 0.3) is 0 Å². The zero-order valence-electron chi connectivity index (χ0n) is 10.4. The molecule has 1 saturated heterocycles. The molecule has 110 valence electrons. The Balaban J connectivity index is 2.19. The van der Waals surface area contributed by atoms with Crippen molar-refractivity contribution in [3.05, 3.63) is 29.3 Å². The van der Waals surface area contributed by atoms with Gasteiger partial charge in [-0.25, -0.2) is 17.6 Å². The molecule has 1 aliphatic rings. The molecule has 0 aliphatic carbocycles. The van der Waals surface area contributed by atoms with Crippen LogP contribution in [-0.2, 0) is 14.8 Å². The highest BCUT2D eigenvalue weighted by molar-refractivity contribution is 7.89. The number of carbonyl (C=O) groups is 1. The lowest BCUT2D eigenvalue weighted by atomic mass is 10.0. The number of sulfonamides is 1. The van der Waals surface area contributed by atoms with Gasteiger partial charge in [-0.3, -0.25) is 0 Å². The van der Waals surface area contributed by atoms with Crippen LogP contribution in [0.1, 0.15) is 6.42 Å². The molecule has 8 heteroatoms. The summed E-state index contributed by atoms with van der Waals surface area (Å²) in [6, 6.07) is 5.78. The van der Waals surface area contributed by atoms with Crippen molar-refractivity contribution in [2.75, 3.05) is 13.1 Å². The molecule has 2 atom stereocenters. The number of carboxylic acid groups (broad SMARTS) is 1. The van der Waals surface area contributed by atoms with Crippen LogP contribution >= 0.6 is 11.6 Å². The molecule has 0 radical (unpaired) electrons. The molecular formula is C12H13ClFNO4S. The lowest BCUT2D eigenvalue weighted by Gasteiger charge is -2.17. The Labute approximate surface area is 121 Å². The number of halogens is 2. The van der Waals surface area contributed by atoms with Gasteiger partial charge in [-0.1, -0.05) is 17.7 Å². The third-order valence-electron chi connectivity index (χ3n) is 3.27. The van der Waals surface area contributed by atoms with Crippen LogP contribution in [0.2, 0.25) is 5.02 Å². The molecule has 1 N–H and O–H groups in total. The first-order chi connectivity index (χ1) is 9.32. The molecule has 2 unspecified atom stereocenters. The van der Waals surface area contributed by atoms with Gasteiger partial charge in [0.2, 0.25) is 16.2 Å². The van der Waals surface area contributed by atoms with Crippen LogP contribution in [0.15, 0.2) is 29.2 Å². The minimum Gasteiger partial charge on any atom is -0.479 e. The van der Waals surface area contributed by atoms with Gasteiger partial charge in [0.05, 0.1) is 4.90 Å². The standard InChI is InChI=1S/C12H13ClFNO4S/c13-9-2-1-3-10(6-9)20(18,19)15-5-4-8(7-15)11(14)12(16)17/h1-3,6,8,11H,4-5,7H2,(H,16,17). The second-order valence-corrected chi connectivity index (χ2v) is 6.98. The van der Waals surface area contributed by atoms with Gasteiger partial charge in [-0.15, -0.1) is 0 Å². The van der Waals surface area contributed by atoms with E-state index in [4.69, 9.17) is 16.7 Å². The number of benzene rings is 1. The third-order valence-corrected chi connectivity index (χ3v) is 5.37. The van der Waals surface area contributed by atoms with E-state index in [9.17, 15) is 17.6 Å². The number of hydrogen-bond acceptors (Lipinski definition) is 3. The van der Waals surface area contributed by atoms with E-state index in [1.807, 2.05) is 0 Å². The molecule has 1 aliphatic heterocycles. The number of alkyl halides is 1. The summed E-state index contributed by atoms with van der Waals surface area (Å²) in [6.45, 7) is -0.0322. The average Bonchev–Trinajstić information content (AvgIpc) is 2.87. The summed E-state index contributed by atoms with van der Waals surface area (Å²) in [5.74, 6) is -2.38. The molecule has 0 aromatic heterocycles. The van der Waals surface area contributed by atoms with Gasteiger partial charge in [-0.2, -0.15) is 4.31 Å². The summed E-state index contributed by atoms with van der Waals surface area (Å²) in [5, 5.41) is 8.91. The quantitative estimate of drug-likeness (QED) is 0.917. The van der Waals surface area contributed by atoms with E-state index in [1.165, 1.54) is 18.2 Å². The number of rotatable bonds is 4. The Kier molecular flexibility index (Phi) is 4.31. The van der Waals surface area contributed by atoms with Gasteiger partial charge in [-0.05, 0) is 24.6 Å². The Morgan fingerprint density at radius 3 is 2.80 bits per heavy atom. The topological polar surface area (TPSA) is 74.7 Å². The molecular weight excluding hydrogens is 309 g/mol. The lowest BCUT2D eigenvalue weighted by Crippen LogP contribution is -2.32. The third kappa shape index (κ3) is 2.94. The molecule has 0 amide bonds.